The van der Waals surface area contributed by atoms with Gasteiger partial charge in [-0.1, -0.05) is 35.9 Å². The number of nitrogens with zero attached hydrogens (tertiary/aromatic N) is 2. The maximum absolute atomic E-state index is 12.5. The van der Waals surface area contributed by atoms with Crippen LogP contribution in [-0.2, 0) is 11.3 Å². The Morgan fingerprint density at radius 3 is 2.83 bits per heavy atom. The summed E-state index contributed by atoms with van der Waals surface area (Å²) in [7, 11) is 0. The van der Waals surface area contributed by atoms with Gasteiger partial charge >= 0.3 is 0 Å². The Balaban J connectivity index is 1.52. The summed E-state index contributed by atoms with van der Waals surface area (Å²) < 4.78 is 1.91. The first-order valence-electron chi connectivity index (χ1n) is 9.35. The molecule has 0 atom stereocenters. The summed E-state index contributed by atoms with van der Waals surface area (Å²) in [6.45, 7) is 4.52. The number of H-pyrrole nitrogens is 1. The smallest absolute Gasteiger partial charge is 0.248 e. The summed E-state index contributed by atoms with van der Waals surface area (Å²) in [5, 5.41) is 9.26. The monoisotopic (exact) mass is 404 g/mol. The highest BCUT2D eigenvalue weighted by Crippen LogP contribution is 2.23. The first-order valence-corrected chi connectivity index (χ1v) is 9.73. The van der Waals surface area contributed by atoms with Crippen molar-refractivity contribution in [3.63, 3.8) is 0 Å². The van der Waals surface area contributed by atoms with E-state index in [1.807, 2.05) is 79.3 Å². The van der Waals surface area contributed by atoms with Crippen LogP contribution >= 0.6 is 11.6 Å². The second-order valence-electron chi connectivity index (χ2n) is 6.90. The number of aromatic nitrogens is 3. The van der Waals surface area contributed by atoms with Gasteiger partial charge in [-0.3, -0.25) is 9.48 Å². The van der Waals surface area contributed by atoms with E-state index in [1.165, 1.54) is 0 Å². The number of rotatable bonds is 5. The molecule has 0 bridgehead atoms. The second kappa shape index (κ2) is 7.97. The van der Waals surface area contributed by atoms with Crippen LogP contribution in [0.3, 0.4) is 0 Å². The number of aryl methyl sites for hydroxylation is 1. The predicted molar refractivity (Wildman–Crippen MR) is 118 cm³/mol. The average Bonchev–Trinajstić information content (AvgIpc) is 3.28. The molecule has 0 saturated carbocycles. The molecular weight excluding hydrogens is 384 g/mol. The van der Waals surface area contributed by atoms with Crippen molar-refractivity contribution < 1.29 is 4.79 Å². The minimum atomic E-state index is -0.184. The van der Waals surface area contributed by atoms with Crippen LogP contribution in [0.4, 0.5) is 5.69 Å². The molecule has 0 saturated heterocycles. The number of hydrogen-bond acceptors (Lipinski definition) is 2. The van der Waals surface area contributed by atoms with Crippen LogP contribution in [0, 0.1) is 13.8 Å². The third-order valence-electron chi connectivity index (χ3n) is 4.97. The first kappa shape index (κ1) is 19.0. The van der Waals surface area contributed by atoms with Gasteiger partial charge in [-0.15, -0.1) is 0 Å². The maximum Gasteiger partial charge on any atom is 0.248 e. The topological polar surface area (TPSA) is 62.7 Å². The number of fused-ring (bicyclic) bond motifs is 1. The van der Waals surface area contributed by atoms with Gasteiger partial charge in [-0.25, -0.2) is 0 Å². The molecule has 2 aromatic carbocycles. The van der Waals surface area contributed by atoms with Gasteiger partial charge in [0.2, 0.25) is 5.91 Å². The van der Waals surface area contributed by atoms with Crippen LogP contribution in [0.25, 0.3) is 17.0 Å². The van der Waals surface area contributed by atoms with Crippen LogP contribution in [0.15, 0.2) is 60.8 Å². The number of carbonyl (C=O) groups is 1. The summed E-state index contributed by atoms with van der Waals surface area (Å²) in [6.07, 6.45) is 5.21. The lowest BCUT2D eigenvalue weighted by molar-refractivity contribution is -0.111. The molecule has 146 valence electrons. The van der Waals surface area contributed by atoms with Crippen molar-refractivity contribution in [1.82, 2.24) is 14.8 Å². The van der Waals surface area contributed by atoms with Crippen LogP contribution in [-0.4, -0.2) is 20.7 Å². The number of nitrogens with one attached hydrogen (secondary N) is 2. The Kier molecular flexibility index (Phi) is 5.23. The average molecular weight is 405 g/mol. The lowest BCUT2D eigenvalue weighted by atomic mass is 10.1. The number of anilines is 1. The molecule has 2 aromatic heterocycles. The summed E-state index contributed by atoms with van der Waals surface area (Å²) in [6, 6.07) is 15.5. The maximum atomic E-state index is 12.5. The van der Waals surface area contributed by atoms with E-state index in [1.54, 1.807) is 6.08 Å². The third kappa shape index (κ3) is 3.96. The standard InChI is InChI=1S/C23H21ClN4O/c1-15-18(16(2)28(27-15)14-17-6-3-4-7-20(17)24)10-11-23(29)26-22-9-5-8-21-19(22)12-13-25-21/h3-13,25H,14H2,1-2H3,(H,26,29)/b11-10+. The van der Waals surface area contributed by atoms with E-state index >= 15 is 0 Å². The summed E-state index contributed by atoms with van der Waals surface area (Å²) in [4.78, 5) is 15.6. The Morgan fingerprint density at radius 2 is 2.00 bits per heavy atom. The van der Waals surface area contributed by atoms with Gasteiger partial charge in [0.15, 0.2) is 0 Å². The van der Waals surface area contributed by atoms with E-state index in [2.05, 4.69) is 15.4 Å². The fourth-order valence-electron chi connectivity index (χ4n) is 3.42. The molecule has 0 aliphatic rings. The van der Waals surface area contributed by atoms with E-state index in [0.29, 0.717) is 6.54 Å². The molecule has 0 aliphatic carbocycles. The number of carbonyl (C=O) groups excluding carboxylic acids is 1. The Bertz CT molecular complexity index is 1220. The lowest BCUT2D eigenvalue weighted by Gasteiger charge is -2.06. The fraction of sp³-hybridized carbons (Fsp3) is 0.130. The molecule has 0 spiro atoms. The number of halogens is 1. The summed E-state index contributed by atoms with van der Waals surface area (Å²) >= 11 is 6.28. The second-order valence-corrected chi connectivity index (χ2v) is 7.31. The van der Waals surface area contributed by atoms with E-state index < -0.39 is 0 Å². The highest BCUT2D eigenvalue weighted by molar-refractivity contribution is 6.31. The molecule has 0 fully saturated rings. The van der Waals surface area contributed by atoms with Gasteiger partial charge in [0.1, 0.15) is 0 Å². The number of benzene rings is 2. The molecule has 6 heteroatoms. The van der Waals surface area contributed by atoms with Gasteiger partial charge in [0.05, 0.1) is 17.9 Å². The predicted octanol–water partition coefficient (Wildman–Crippen LogP) is 5.33. The van der Waals surface area contributed by atoms with E-state index in [4.69, 9.17) is 11.6 Å². The fourth-order valence-corrected chi connectivity index (χ4v) is 3.62. The molecule has 2 N–H and O–H groups in total. The van der Waals surface area contributed by atoms with E-state index in [9.17, 15) is 4.79 Å². The number of hydrogen-bond donors (Lipinski definition) is 2. The van der Waals surface area contributed by atoms with E-state index in [-0.39, 0.29) is 5.91 Å². The van der Waals surface area contributed by atoms with Crippen molar-refractivity contribution in [2.45, 2.75) is 20.4 Å². The quantitative estimate of drug-likeness (QED) is 0.441. The Labute approximate surface area is 174 Å². The molecule has 4 aromatic rings. The molecular formula is C23H21ClN4O. The zero-order valence-electron chi connectivity index (χ0n) is 16.2. The summed E-state index contributed by atoms with van der Waals surface area (Å²) in [5.41, 5.74) is 5.56. The lowest BCUT2D eigenvalue weighted by Crippen LogP contribution is -2.08. The number of aromatic amines is 1. The third-order valence-corrected chi connectivity index (χ3v) is 5.34. The highest BCUT2D eigenvalue weighted by atomic mass is 35.5. The van der Waals surface area contributed by atoms with Crippen LogP contribution in [0.5, 0.6) is 0 Å². The first-order chi connectivity index (χ1) is 14.0. The number of amides is 1. The van der Waals surface area contributed by atoms with Gasteiger partial charge in [-0.2, -0.15) is 5.10 Å². The molecule has 4 rings (SSSR count). The van der Waals surface area contributed by atoms with Crippen molar-refractivity contribution >= 4 is 40.2 Å². The molecule has 1 amide bonds. The van der Waals surface area contributed by atoms with Gasteiger partial charge in [0.25, 0.3) is 0 Å². The molecule has 0 unspecified atom stereocenters. The van der Waals surface area contributed by atoms with E-state index in [0.717, 1.165) is 44.1 Å². The van der Waals surface area contributed by atoms with Crippen molar-refractivity contribution in [3.8, 4) is 0 Å². The zero-order chi connectivity index (χ0) is 20.4. The minimum Gasteiger partial charge on any atom is -0.361 e. The molecule has 0 radical (unpaired) electrons. The van der Waals surface area contributed by atoms with Gasteiger partial charge in [0, 0.05) is 39.5 Å². The SMILES string of the molecule is Cc1nn(Cc2ccccc2Cl)c(C)c1/C=C/C(=O)Nc1cccc2[nH]ccc12. The van der Waals surface area contributed by atoms with Crippen LogP contribution < -0.4 is 5.32 Å². The normalized spacial score (nSPS) is 11.4. The molecule has 29 heavy (non-hydrogen) atoms. The summed E-state index contributed by atoms with van der Waals surface area (Å²) in [5.74, 6) is -0.184. The Hall–Kier alpha value is -3.31. The Morgan fingerprint density at radius 1 is 1.17 bits per heavy atom. The highest BCUT2D eigenvalue weighted by Gasteiger charge is 2.11. The molecule has 5 nitrogen and oxygen atoms in total. The zero-order valence-corrected chi connectivity index (χ0v) is 17.0. The minimum absolute atomic E-state index is 0.184. The van der Waals surface area contributed by atoms with Crippen molar-refractivity contribution in [1.29, 1.82) is 0 Å². The van der Waals surface area contributed by atoms with Crippen molar-refractivity contribution in [2.75, 3.05) is 5.32 Å². The van der Waals surface area contributed by atoms with Gasteiger partial charge < -0.3 is 10.3 Å². The molecule has 2 heterocycles. The largest absolute Gasteiger partial charge is 0.361 e. The molecule has 0 aliphatic heterocycles. The van der Waals surface area contributed by atoms with Gasteiger partial charge in [-0.05, 0) is 49.8 Å². The van der Waals surface area contributed by atoms with Crippen molar-refractivity contribution in [3.05, 3.63) is 88.3 Å². The van der Waals surface area contributed by atoms with Crippen LogP contribution in [0.1, 0.15) is 22.5 Å². The van der Waals surface area contributed by atoms with Crippen molar-refractivity contribution in [2.24, 2.45) is 0 Å². The van der Waals surface area contributed by atoms with Crippen LogP contribution in [0.2, 0.25) is 5.02 Å².